The van der Waals surface area contributed by atoms with E-state index in [0.29, 0.717) is 23.5 Å². The van der Waals surface area contributed by atoms with Crippen LogP contribution in [0, 0.1) is 11.7 Å². The van der Waals surface area contributed by atoms with E-state index in [4.69, 9.17) is 0 Å². The highest BCUT2D eigenvalue weighted by molar-refractivity contribution is 7.98. The largest absolute Gasteiger partial charge is 0.391 e. The maximum Gasteiger partial charge on any atom is 0.253 e. The van der Waals surface area contributed by atoms with Crippen LogP contribution < -0.4 is 0 Å². The van der Waals surface area contributed by atoms with Gasteiger partial charge >= 0.3 is 0 Å². The molecular weight excluding hydrogens is 265 g/mol. The molecule has 0 spiro atoms. The number of aliphatic hydroxyl groups is 1. The van der Waals surface area contributed by atoms with Crippen LogP contribution in [0.2, 0.25) is 0 Å². The summed E-state index contributed by atoms with van der Waals surface area (Å²) in [6.07, 6.45) is 2.10. The van der Waals surface area contributed by atoms with Crippen LogP contribution in [0.15, 0.2) is 23.1 Å². The molecule has 0 aromatic heterocycles. The molecule has 5 heteroatoms. The number of hydrogen-bond acceptors (Lipinski definition) is 3. The van der Waals surface area contributed by atoms with E-state index in [1.54, 1.807) is 17.2 Å². The van der Waals surface area contributed by atoms with Gasteiger partial charge in [0.05, 0.1) is 6.10 Å². The van der Waals surface area contributed by atoms with Crippen molar-refractivity contribution in [2.24, 2.45) is 5.92 Å². The van der Waals surface area contributed by atoms with Gasteiger partial charge in [-0.15, -0.1) is 11.8 Å². The summed E-state index contributed by atoms with van der Waals surface area (Å²) in [5, 5.41) is 9.83. The zero-order valence-corrected chi connectivity index (χ0v) is 11.9. The van der Waals surface area contributed by atoms with E-state index >= 15 is 0 Å². The van der Waals surface area contributed by atoms with E-state index in [9.17, 15) is 14.3 Å². The van der Waals surface area contributed by atoms with E-state index in [1.807, 2.05) is 6.92 Å². The number of β-amino-alcohol motifs (C(OH)–C–C–N with tert-alkyl or cyclic N) is 1. The van der Waals surface area contributed by atoms with Crippen LogP contribution in [-0.4, -0.2) is 41.4 Å². The lowest BCUT2D eigenvalue weighted by Crippen LogP contribution is -2.45. The first-order chi connectivity index (χ1) is 9.02. The summed E-state index contributed by atoms with van der Waals surface area (Å²) >= 11 is 1.28. The highest BCUT2D eigenvalue weighted by Gasteiger charge is 2.28. The monoisotopic (exact) mass is 283 g/mol. The molecule has 1 N–H and O–H groups in total. The van der Waals surface area contributed by atoms with Gasteiger partial charge in [-0.1, -0.05) is 6.92 Å². The van der Waals surface area contributed by atoms with Crippen molar-refractivity contribution in [2.75, 3.05) is 19.3 Å². The molecule has 0 saturated carbocycles. The normalized spacial score (nSPS) is 23.5. The molecule has 1 aliphatic rings. The van der Waals surface area contributed by atoms with Gasteiger partial charge in [-0.3, -0.25) is 4.79 Å². The van der Waals surface area contributed by atoms with Gasteiger partial charge in [0, 0.05) is 23.5 Å². The molecule has 3 nitrogen and oxygen atoms in total. The van der Waals surface area contributed by atoms with Gasteiger partial charge in [-0.2, -0.15) is 0 Å². The number of likely N-dealkylation sites (tertiary alicyclic amines) is 1. The minimum atomic E-state index is -0.474. The average molecular weight is 283 g/mol. The molecule has 1 saturated heterocycles. The molecule has 2 rings (SSSR count). The number of hydrogen-bond donors (Lipinski definition) is 1. The quantitative estimate of drug-likeness (QED) is 0.847. The van der Waals surface area contributed by atoms with Gasteiger partial charge < -0.3 is 10.0 Å². The molecule has 19 heavy (non-hydrogen) atoms. The van der Waals surface area contributed by atoms with Crippen molar-refractivity contribution in [1.82, 2.24) is 4.90 Å². The van der Waals surface area contributed by atoms with E-state index in [-0.39, 0.29) is 17.6 Å². The molecule has 104 valence electrons. The highest BCUT2D eigenvalue weighted by Crippen LogP contribution is 2.23. The van der Waals surface area contributed by atoms with Crippen molar-refractivity contribution in [3.8, 4) is 0 Å². The van der Waals surface area contributed by atoms with Crippen molar-refractivity contribution in [3.63, 3.8) is 0 Å². The van der Waals surface area contributed by atoms with Crippen LogP contribution in [-0.2, 0) is 0 Å². The number of carbonyl (C=O) groups excluding carboxylic acids is 1. The SMILES string of the molecule is CSc1cc(C(=O)N2CCC(C)C(O)C2)ccc1F. The predicted octanol–water partition coefficient (Wildman–Crippen LogP) is 2.39. The van der Waals surface area contributed by atoms with Crippen LogP contribution in [0.4, 0.5) is 4.39 Å². The van der Waals surface area contributed by atoms with Crippen molar-refractivity contribution in [2.45, 2.75) is 24.3 Å². The third kappa shape index (κ3) is 3.09. The molecule has 1 fully saturated rings. The van der Waals surface area contributed by atoms with Crippen molar-refractivity contribution < 1.29 is 14.3 Å². The fourth-order valence-corrected chi connectivity index (χ4v) is 2.72. The summed E-state index contributed by atoms with van der Waals surface area (Å²) in [6.45, 7) is 2.98. The summed E-state index contributed by atoms with van der Waals surface area (Å²) in [6, 6.07) is 4.40. The number of aliphatic hydroxyl groups excluding tert-OH is 1. The summed E-state index contributed by atoms with van der Waals surface area (Å²) in [5.74, 6) is -0.225. The average Bonchev–Trinajstić information content (AvgIpc) is 2.41. The Hall–Kier alpha value is -1.07. The molecule has 1 amide bonds. The van der Waals surface area contributed by atoms with Crippen LogP contribution >= 0.6 is 11.8 Å². The first-order valence-electron chi connectivity index (χ1n) is 6.33. The van der Waals surface area contributed by atoms with Gasteiger partial charge in [0.1, 0.15) is 5.82 Å². The fraction of sp³-hybridized carbons (Fsp3) is 0.500. The van der Waals surface area contributed by atoms with Gasteiger partial charge in [0.2, 0.25) is 0 Å². The summed E-state index contributed by atoms with van der Waals surface area (Å²) in [4.78, 5) is 14.4. The summed E-state index contributed by atoms with van der Waals surface area (Å²) in [7, 11) is 0. The molecule has 0 radical (unpaired) electrons. The first kappa shape index (κ1) is 14.3. The van der Waals surface area contributed by atoms with E-state index in [0.717, 1.165) is 6.42 Å². The number of halogens is 1. The molecule has 2 unspecified atom stereocenters. The smallest absolute Gasteiger partial charge is 0.253 e. The zero-order valence-electron chi connectivity index (χ0n) is 11.1. The van der Waals surface area contributed by atoms with Crippen LogP contribution in [0.1, 0.15) is 23.7 Å². The molecule has 0 aliphatic carbocycles. The minimum Gasteiger partial charge on any atom is -0.391 e. The highest BCUT2D eigenvalue weighted by atomic mass is 32.2. The first-order valence-corrected chi connectivity index (χ1v) is 7.56. The molecule has 1 aliphatic heterocycles. The van der Waals surface area contributed by atoms with Gasteiger partial charge in [0.25, 0.3) is 5.91 Å². The Morgan fingerprint density at radius 1 is 1.53 bits per heavy atom. The molecular formula is C14H18FNO2S. The number of carbonyl (C=O) groups is 1. The molecule has 1 aromatic carbocycles. The Balaban J connectivity index is 2.15. The maximum absolute atomic E-state index is 13.4. The number of nitrogens with zero attached hydrogens (tertiary/aromatic N) is 1. The molecule has 1 aromatic rings. The number of piperidine rings is 1. The zero-order chi connectivity index (χ0) is 14.0. The third-order valence-corrected chi connectivity index (χ3v) is 4.36. The van der Waals surface area contributed by atoms with Crippen molar-refractivity contribution >= 4 is 17.7 Å². The predicted molar refractivity (Wildman–Crippen MR) is 73.9 cm³/mol. The molecule has 1 heterocycles. The van der Waals surface area contributed by atoms with Crippen molar-refractivity contribution in [1.29, 1.82) is 0 Å². The maximum atomic E-state index is 13.4. The van der Waals surface area contributed by atoms with E-state index < -0.39 is 6.10 Å². The minimum absolute atomic E-state index is 0.138. The van der Waals surface area contributed by atoms with Crippen LogP contribution in [0.25, 0.3) is 0 Å². The summed E-state index contributed by atoms with van der Waals surface area (Å²) < 4.78 is 13.4. The molecule has 2 atom stereocenters. The Morgan fingerprint density at radius 2 is 2.26 bits per heavy atom. The Kier molecular flexibility index (Phi) is 4.47. The topological polar surface area (TPSA) is 40.5 Å². The van der Waals surface area contributed by atoms with Gasteiger partial charge in [-0.05, 0) is 36.8 Å². The fourth-order valence-electron chi connectivity index (χ4n) is 2.21. The number of amides is 1. The Labute approximate surface area is 116 Å². The van der Waals surface area contributed by atoms with Gasteiger partial charge in [-0.25, -0.2) is 4.39 Å². The van der Waals surface area contributed by atoms with E-state index in [2.05, 4.69) is 0 Å². The Morgan fingerprint density at radius 3 is 2.89 bits per heavy atom. The number of benzene rings is 1. The van der Waals surface area contributed by atoms with Crippen LogP contribution in [0.3, 0.4) is 0 Å². The van der Waals surface area contributed by atoms with Crippen LogP contribution in [0.5, 0.6) is 0 Å². The second-order valence-corrected chi connectivity index (χ2v) is 5.78. The lowest BCUT2D eigenvalue weighted by Gasteiger charge is -2.34. The second-order valence-electron chi connectivity index (χ2n) is 4.93. The number of thioether (sulfide) groups is 1. The van der Waals surface area contributed by atoms with Crippen molar-refractivity contribution in [3.05, 3.63) is 29.6 Å². The third-order valence-electron chi connectivity index (χ3n) is 3.60. The standard InChI is InChI=1S/C14H18FNO2S/c1-9-5-6-16(8-12(9)17)14(18)10-3-4-11(15)13(7-10)19-2/h3-4,7,9,12,17H,5-6,8H2,1-2H3. The lowest BCUT2D eigenvalue weighted by atomic mass is 9.95. The van der Waals surface area contributed by atoms with E-state index in [1.165, 1.54) is 23.9 Å². The lowest BCUT2D eigenvalue weighted by molar-refractivity contribution is 0.0248. The van der Waals surface area contributed by atoms with Gasteiger partial charge in [0.15, 0.2) is 0 Å². The summed E-state index contributed by atoms with van der Waals surface area (Å²) in [5.41, 5.74) is 0.479. The molecule has 0 bridgehead atoms. The second kappa shape index (κ2) is 5.92. The number of rotatable bonds is 2. The Bertz CT molecular complexity index is 481.